The summed E-state index contributed by atoms with van der Waals surface area (Å²) in [6.07, 6.45) is 0. The van der Waals surface area contributed by atoms with Gasteiger partial charge in [0.25, 0.3) is 0 Å². The van der Waals surface area contributed by atoms with Crippen LogP contribution in [-0.2, 0) is 5.41 Å². The zero-order valence-corrected chi connectivity index (χ0v) is 30.8. The highest BCUT2D eigenvalue weighted by Gasteiger charge is 2.48. The van der Waals surface area contributed by atoms with Crippen molar-refractivity contribution in [2.75, 3.05) is 0 Å². The standard InChI is InChI=1S/C53H34N2O2/c1-5-18-35(19-6-1)39-26-13-14-27-40(39)52-54-45(36-20-7-2-8-21-36)34-46(55-52)42-29-17-31-47-50(42)57-51-48(56-47)33-32-44-49(51)41-28-15-16-30-43(41)53(44,37-22-9-3-10-23-37)38-24-11-4-12-25-38/h1-34H. The first kappa shape index (κ1) is 32.8. The molecule has 0 unspecified atom stereocenters. The second-order valence-corrected chi connectivity index (χ2v) is 14.4. The molecule has 0 saturated heterocycles. The number of benzene rings is 8. The quantitative estimate of drug-likeness (QED) is 0.171. The smallest absolute Gasteiger partial charge is 0.179 e. The van der Waals surface area contributed by atoms with E-state index in [1.807, 2.05) is 42.5 Å². The molecule has 4 nitrogen and oxygen atoms in total. The largest absolute Gasteiger partial charge is 0.449 e. The number of nitrogens with zero attached hydrogens (tertiary/aromatic N) is 2. The Labute approximate surface area is 331 Å². The number of hydrogen-bond donors (Lipinski definition) is 0. The molecule has 2 heterocycles. The molecule has 1 aliphatic carbocycles. The van der Waals surface area contributed by atoms with Crippen molar-refractivity contribution in [3.05, 3.63) is 229 Å². The summed E-state index contributed by atoms with van der Waals surface area (Å²) in [6.45, 7) is 0. The van der Waals surface area contributed by atoms with Gasteiger partial charge in [-0.3, -0.25) is 0 Å². The Hall–Kier alpha value is -7.56. The topological polar surface area (TPSA) is 44.2 Å². The SMILES string of the molecule is c1ccc(-c2cc(-c3cccc4c3Oc3c(ccc5c3-c3ccccc3C5(c3ccccc3)c3ccccc3)O4)nc(-c3ccccc3-c3ccccc3)n2)cc1. The van der Waals surface area contributed by atoms with Gasteiger partial charge in [0.1, 0.15) is 0 Å². The molecular formula is C53H34N2O2. The molecule has 268 valence electrons. The fraction of sp³-hybridized carbons (Fsp3) is 0.0189. The van der Waals surface area contributed by atoms with Crippen LogP contribution in [0, 0.1) is 0 Å². The van der Waals surface area contributed by atoms with Gasteiger partial charge in [-0.2, -0.15) is 0 Å². The molecule has 0 atom stereocenters. The van der Waals surface area contributed by atoms with Crippen LogP contribution in [0.25, 0.3) is 56.2 Å². The van der Waals surface area contributed by atoms with Crippen molar-refractivity contribution in [2.45, 2.75) is 5.41 Å². The summed E-state index contributed by atoms with van der Waals surface area (Å²) in [4.78, 5) is 10.5. The van der Waals surface area contributed by atoms with Gasteiger partial charge in [-0.15, -0.1) is 0 Å². The van der Waals surface area contributed by atoms with E-state index in [0.717, 1.165) is 55.9 Å². The molecule has 9 aromatic rings. The van der Waals surface area contributed by atoms with Gasteiger partial charge in [0.05, 0.1) is 16.8 Å². The zero-order chi connectivity index (χ0) is 37.8. The van der Waals surface area contributed by atoms with Crippen molar-refractivity contribution in [1.82, 2.24) is 9.97 Å². The highest BCUT2D eigenvalue weighted by molar-refractivity contribution is 5.93. The molecule has 1 aliphatic heterocycles. The molecule has 1 aromatic heterocycles. The van der Waals surface area contributed by atoms with Crippen molar-refractivity contribution in [3.63, 3.8) is 0 Å². The van der Waals surface area contributed by atoms with E-state index >= 15 is 0 Å². The minimum atomic E-state index is -0.565. The summed E-state index contributed by atoms with van der Waals surface area (Å²) in [6, 6.07) is 71.7. The van der Waals surface area contributed by atoms with E-state index in [0.29, 0.717) is 28.8 Å². The maximum Gasteiger partial charge on any atom is 0.179 e. The lowest BCUT2D eigenvalue weighted by Crippen LogP contribution is -2.28. The molecule has 4 heteroatoms. The fourth-order valence-corrected chi connectivity index (χ4v) is 8.80. The van der Waals surface area contributed by atoms with Crippen molar-refractivity contribution < 1.29 is 9.47 Å². The minimum absolute atomic E-state index is 0.565. The number of rotatable bonds is 6. The average Bonchev–Trinajstić information content (AvgIpc) is 3.60. The highest BCUT2D eigenvalue weighted by Crippen LogP contribution is 2.62. The lowest BCUT2D eigenvalue weighted by Gasteiger charge is -2.34. The molecule has 2 aliphatic rings. The molecule has 0 bridgehead atoms. The van der Waals surface area contributed by atoms with E-state index in [2.05, 4.69) is 164 Å². The van der Waals surface area contributed by atoms with E-state index in [-0.39, 0.29) is 0 Å². The molecule has 0 fully saturated rings. The minimum Gasteiger partial charge on any atom is -0.449 e. The highest BCUT2D eigenvalue weighted by atomic mass is 16.6. The molecule has 0 spiro atoms. The van der Waals surface area contributed by atoms with Crippen LogP contribution in [0.5, 0.6) is 23.0 Å². The molecule has 0 saturated carbocycles. The van der Waals surface area contributed by atoms with Crippen molar-refractivity contribution in [3.8, 4) is 79.2 Å². The lowest BCUT2D eigenvalue weighted by atomic mass is 9.68. The van der Waals surface area contributed by atoms with Crippen LogP contribution >= 0.6 is 0 Å². The van der Waals surface area contributed by atoms with E-state index < -0.39 is 5.41 Å². The van der Waals surface area contributed by atoms with Crippen molar-refractivity contribution in [1.29, 1.82) is 0 Å². The molecule has 0 amide bonds. The van der Waals surface area contributed by atoms with E-state index in [4.69, 9.17) is 19.4 Å². The van der Waals surface area contributed by atoms with Gasteiger partial charge in [0, 0.05) is 22.3 Å². The fourth-order valence-electron chi connectivity index (χ4n) is 8.80. The van der Waals surface area contributed by atoms with Gasteiger partial charge in [-0.1, -0.05) is 182 Å². The molecule has 0 N–H and O–H groups in total. The van der Waals surface area contributed by atoms with Crippen LogP contribution in [0.3, 0.4) is 0 Å². The maximum absolute atomic E-state index is 7.23. The lowest BCUT2D eigenvalue weighted by molar-refractivity contribution is 0.361. The van der Waals surface area contributed by atoms with E-state index in [1.165, 1.54) is 16.7 Å². The zero-order valence-electron chi connectivity index (χ0n) is 30.8. The van der Waals surface area contributed by atoms with Gasteiger partial charge >= 0.3 is 0 Å². The summed E-state index contributed by atoms with van der Waals surface area (Å²) in [7, 11) is 0. The normalized spacial score (nSPS) is 13.0. The predicted octanol–water partition coefficient (Wildman–Crippen LogP) is 13.4. The molecule has 57 heavy (non-hydrogen) atoms. The second-order valence-electron chi connectivity index (χ2n) is 14.4. The third kappa shape index (κ3) is 5.22. The predicted molar refractivity (Wildman–Crippen MR) is 228 cm³/mol. The number of hydrogen-bond acceptors (Lipinski definition) is 4. The summed E-state index contributed by atoms with van der Waals surface area (Å²) in [5.41, 5.74) is 12.8. The summed E-state index contributed by atoms with van der Waals surface area (Å²) in [5.74, 6) is 3.25. The van der Waals surface area contributed by atoms with E-state index in [9.17, 15) is 0 Å². The second kappa shape index (κ2) is 13.3. The van der Waals surface area contributed by atoms with Gasteiger partial charge in [0.15, 0.2) is 28.8 Å². The number of fused-ring (bicyclic) bond motifs is 6. The average molecular weight is 731 g/mol. The summed E-state index contributed by atoms with van der Waals surface area (Å²) in [5, 5.41) is 0. The monoisotopic (exact) mass is 730 g/mol. The first-order chi connectivity index (χ1) is 28.3. The van der Waals surface area contributed by atoms with Crippen molar-refractivity contribution >= 4 is 0 Å². The van der Waals surface area contributed by atoms with Crippen LogP contribution in [0.1, 0.15) is 22.3 Å². The van der Waals surface area contributed by atoms with Crippen LogP contribution in [0.4, 0.5) is 0 Å². The third-order valence-corrected chi connectivity index (χ3v) is 11.3. The maximum atomic E-state index is 7.23. The summed E-state index contributed by atoms with van der Waals surface area (Å²) >= 11 is 0. The first-order valence-electron chi connectivity index (χ1n) is 19.2. The van der Waals surface area contributed by atoms with Crippen molar-refractivity contribution in [2.24, 2.45) is 0 Å². The van der Waals surface area contributed by atoms with Gasteiger partial charge < -0.3 is 9.47 Å². The molecule has 0 radical (unpaired) electrons. The number of para-hydroxylation sites is 1. The Balaban J connectivity index is 1.12. The molecular weight excluding hydrogens is 697 g/mol. The molecule has 11 rings (SSSR count). The Kier molecular flexibility index (Phi) is 7.68. The van der Waals surface area contributed by atoms with Crippen LogP contribution in [-0.4, -0.2) is 9.97 Å². The number of ether oxygens (including phenoxy) is 2. The molecule has 8 aromatic carbocycles. The number of aromatic nitrogens is 2. The third-order valence-electron chi connectivity index (χ3n) is 11.3. The van der Waals surface area contributed by atoms with Gasteiger partial charge in [-0.05, 0) is 63.2 Å². The van der Waals surface area contributed by atoms with Crippen LogP contribution in [0.15, 0.2) is 206 Å². The Morgan fingerprint density at radius 3 is 1.60 bits per heavy atom. The van der Waals surface area contributed by atoms with Gasteiger partial charge in [-0.25, -0.2) is 9.97 Å². The van der Waals surface area contributed by atoms with Crippen LogP contribution < -0.4 is 9.47 Å². The Morgan fingerprint density at radius 1 is 0.351 bits per heavy atom. The van der Waals surface area contributed by atoms with E-state index in [1.54, 1.807) is 0 Å². The van der Waals surface area contributed by atoms with Gasteiger partial charge in [0.2, 0.25) is 0 Å². The Morgan fingerprint density at radius 2 is 0.895 bits per heavy atom. The first-order valence-corrected chi connectivity index (χ1v) is 19.2. The Bertz CT molecular complexity index is 2910. The summed E-state index contributed by atoms with van der Waals surface area (Å²) < 4.78 is 14.0. The van der Waals surface area contributed by atoms with Crippen LogP contribution in [0.2, 0.25) is 0 Å².